The molecule has 14 aromatic carbocycles. The van der Waals surface area contributed by atoms with Gasteiger partial charge in [-0.05, 0) is 173 Å². The van der Waals surface area contributed by atoms with E-state index in [1.807, 2.05) is 103 Å². The molecule has 0 saturated carbocycles. The lowest BCUT2D eigenvalue weighted by molar-refractivity contribution is -0.120. The maximum atomic E-state index is 15.1. The van der Waals surface area contributed by atoms with Crippen molar-refractivity contribution in [3.63, 3.8) is 0 Å². The number of ether oxygens (including phenoxy) is 3. The molecule has 530 valence electrons. The van der Waals surface area contributed by atoms with Crippen molar-refractivity contribution in [1.29, 1.82) is 0 Å². The molecule has 0 spiro atoms. The average molecular weight is 1440 g/mol. The van der Waals surface area contributed by atoms with Gasteiger partial charge in [0.05, 0.1) is 61.2 Å². The second kappa shape index (κ2) is 28.2. The molecule has 0 saturated heterocycles. The van der Waals surface area contributed by atoms with Crippen LogP contribution in [0.4, 0.5) is 17.1 Å². The number of rotatable bonds is 22. The lowest BCUT2D eigenvalue weighted by Gasteiger charge is -2.18. The van der Waals surface area contributed by atoms with E-state index in [0.717, 1.165) is 101 Å². The standard InChI is InChI=1S/C84H54N4O20/c1-40-15-23-54(67(27-40)83(104)106-37-47-28-45-11-3-7-41-16-18-43-9-5-13-52(47)72(43)70(41)45)55-24-20-50(31-68(55)84(105)107-38-48-29-46-12-4-8-42-17-19-44-10-6-14-53(48)73(44)71(42)46)87-76(92)60-34-61(66(82(102)103)36-65(60)81(100)101)77(93)88-51-22-26-57(69(32-51)108-39-89)56-25-21-49(30-62(56)78(94)95)86-75(91)59-33-58(74(90)85-2)63(79(96)97)35-64(59)80(98)99/h3-36,39H,37-38H2,1-2H3,(H,85,90)(H,86,91)(H,87,92)(H,88,93)(H,94,95)(H,96,97)(H,98,99)(H,100,101)(H,102,103). The van der Waals surface area contributed by atoms with Crippen LogP contribution < -0.4 is 26.0 Å². The highest BCUT2D eigenvalue weighted by Crippen LogP contribution is 2.42. The SMILES string of the molecule is CNC(=O)c1cc(C(=O)Nc2ccc(-c3ccc(NC(=O)c4cc(C(=O)Nc5ccc(-c6ccc(C)cc6C(=O)OCc6cc7cccc8ccc9cccc6c9c87)c(C(=O)OCc6cc7cccc8ccc9cccc6c9c87)c5)c(C(=O)O)cc4C(=O)O)cc3OC=O)c(C(=O)O)c2)c(C(=O)O)cc1C(=O)O. The van der Waals surface area contributed by atoms with Crippen LogP contribution in [0.2, 0.25) is 0 Å². The third kappa shape index (κ3) is 12.9. The lowest BCUT2D eigenvalue weighted by Crippen LogP contribution is -2.24. The number of carboxylic acids is 5. The molecule has 0 aliphatic heterocycles. The summed E-state index contributed by atoms with van der Waals surface area (Å²) in [6.07, 6.45) is 0. The predicted molar refractivity (Wildman–Crippen MR) is 399 cm³/mol. The molecule has 24 nitrogen and oxygen atoms in total. The van der Waals surface area contributed by atoms with Gasteiger partial charge < -0.3 is 61.0 Å². The van der Waals surface area contributed by atoms with Gasteiger partial charge in [-0.15, -0.1) is 0 Å². The van der Waals surface area contributed by atoms with Crippen LogP contribution in [-0.2, 0) is 27.5 Å². The number of esters is 2. The fourth-order valence-corrected chi connectivity index (χ4v) is 13.8. The number of hydrogen-bond donors (Lipinski definition) is 9. The molecule has 0 radical (unpaired) electrons. The summed E-state index contributed by atoms with van der Waals surface area (Å²) in [5.41, 5.74) is -5.23. The summed E-state index contributed by atoms with van der Waals surface area (Å²) in [6.45, 7) is 1.34. The number of aromatic carboxylic acids is 5. The number of nitrogens with one attached hydrogen (secondary N) is 4. The normalized spacial score (nSPS) is 11.2. The van der Waals surface area contributed by atoms with Gasteiger partial charge in [-0.1, -0.05) is 127 Å². The van der Waals surface area contributed by atoms with Crippen molar-refractivity contribution in [3.8, 4) is 28.0 Å². The molecule has 14 aromatic rings. The van der Waals surface area contributed by atoms with Gasteiger partial charge >= 0.3 is 41.8 Å². The third-order valence-corrected chi connectivity index (χ3v) is 18.7. The zero-order valence-corrected chi connectivity index (χ0v) is 56.5. The Morgan fingerprint density at radius 1 is 0.333 bits per heavy atom. The minimum Gasteiger partial charge on any atom is -0.478 e. The first-order chi connectivity index (χ1) is 52.0. The summed E-state index contributed by atoms with van der Waals surface area (Å²) in [7, 11) is 1.17. The highest BCUT2D eigenvalue weighted by Gasteiger charge is 2.31. The van der Waals surface area contributed by atoms with Crippen LogP contribution >= 0.6 is 0 Å². The Morgan fingerprint density at radius 2 is 0.676 bits per heavy atom. The molecule has 9 N–H and O–H groups in total. The van der Waals surface area contributed by atoms with Crippen LogP contribution in [0.25, 0.3) is 86.9 Å². The maximum Gasteiger partial charge on any atom is 0.339 e. The molecule has 0 fully saturated rings. The summed E-state index contributed by atoms with van der Waals surface area (Å²) < 4.78 is 17.6. The molecule has 0 unspecified atom stereocenters. The highest BCUT2D eigenvalue weighted by molar-refractivity contribution is 6.26. The Balaban J connectivity index is 0.775. The minimum absolute atomic E-state index is 0.0396. The molecule has 0 heterocycles. The zero-order valence-electron chi connectivity index (χ0n) is 56.5. The van der Waals surface area contributed by atoms with Crippen LogP contribution in [0.1, 0.15) is 131 Å². The number of carbonyl (C=O) groups is 12. The first-order valence-electron chi connectivity index (χ1n) is 32.9. The smallest absolute Gasteiger partial charge is 0.339 e. The largest absolute Gasteiger partial charge is 0.478 e. The summed E-state index contributed by atoms with van der Waals surface area (Å²) in [6, 6.07) is 54.1. The van der Waals surface area contributed by atoms with Crippen molar-refractivity contribution in [2.75, 3.05) is 23.0 Å². The number of benzene rings is 14. The van der Waals surface area contributed by atoms with Crippen LogP contribution in [-0.4, -0.2) is 104 Å². The quantitative estimate of drug-likeness (QED) is 0.0173. The number of amides is 4. The third-order valence-electron chi connectivity index (χ3n) is 18.7. The van der Waals surface area contributed by atoms with E-state index in [0.29, 0.717) is 23.3 Å². The highest BCUT2D eigenvalue weighted by atomic mass is 16.5. The van der Waals surface area contributed by atoms with E-state index in [4.69, 9.17) is 14.2 Å². The topological polar surface area (TPSA) is 382 Å². The Bertz CT molecular complexity index is 6300. The molecule has 0 aromatic heterocycles. The van der Waals surface area contributed by atoms with Crippen LogP contribution in [0.3, 0.4) is 0 Å². The van der Waals surface area contributed by atoms with Crippen molar-refractivity contribution in [1.82, 2.24) is 5.32 Å². The minimum atomic E-state index is -1.81. The van der Waals surface area contributed by atoms with E-state index in [-0.39, 0.29) is 70.1 Å². The first-order valence-corrected chi connectivity index (χ1v) is 32.9. The molecule has 108 heavy (non-hydrogen) atoms. The Labute approximate surface area is 608 Å². The average Bonchev–Trinajstić information content (AvgIpc) is 0.753. The van der Waals surface area contributed by atoms with Gasteiger partial charge in [-0.3, -0.25) is 24.0 Å². The van der Waals surface area contributed by atoms with E-state index in [9.17, 15) is 78.3 Å². The van der Waals surface area contributed by atoms with Gasteiger partial charge in [0, 0.05) is 41.3 Å². The predicted octanol–water partition coefficient (Wildman–Crippen LogP) is 15.0. The fourth-order valence-electron chi connectivity index (χ4n) is 13.8. The number of carboxylic acid groups (broad SMARTS) is 5. The lowest BCUT2D eigenvalue weighted by atomic mass is 9.91. The molecular formula is C84H54N4O20. The Hall–Kier alpha value is -15.2. The molecule has 4 amide bonds. The van der Waals surface area contributed by atoms with Gasteiger partial charge in [0.25, 0.3) is 30.1 Å². The van der Waals surface area contributed by atoms with Crippen LogP contribution in [0.5, 0.6) is 5.75 Å². The van der Waals surface area contributed by atoms with E-state index >= 15 is 4.79 Å². The molecular weight excluding hydrogens is 1380 g/mol. The molecule has 0 bridgehead atoms. The van der Waals surface area contributed by atoms with E-state index in [2.05, 4.69) is 27.3 Å². The summed E-state index contributed by atoms with van der Waals surface area (Å²) >= 11 is 0. The number of aryl methyl sites for hydroxylation is 1. The van der Waals surface area contributed by atoms with Crippen LogP contribution in [0, 0.1) is 6.92 Å². The maximum absolute atomic E-state index is 15.1. The zero-order chi connectivity index (χ0) is 76.1. The Kier molecular flexibility index (Phi) is 18.2. The molecule has 0 aliphatic rings. The van der Waals surface area contributed by atoms with Crippen molar-refractivity contribution in [2.45, 2.75) is 20.1 Å². The van der Waals surface area contributed by atoms with Gasteiger partial charge in [0.2, 0.25) is 0 Å². The van der Waals surface area contributed by atoms with Crippen LogP contribution in [0.15, 0.2) is 206 Å². The first kappa shape index (κ1) is 69.9. The van der Waals surface area contributed by atoms with E-state index in [1.54, 1.807) is 25.1 Å². The molecule has 0 aliphatic carbocycles. The van der Waals surface area contributed by atoms with Gasteiger partial charge in [0.15, 0.2) is 0 Å². The van der Waals surface area contributed by atoms with Crippen molar-refractivity contribution < 1.29 is 97.3 Å². The van der Waals surface area contributed by atoms with E-state index in [1.165, 1.54) is 43.4 Å². The molecule has 14 rings (SSSR count). The van der Waals surface area contributed by atoms with Gasteiger partial charge in [-0.25, -0.2) is 33.6 Å². The number of hydrogen-bond acceptors (Lipinski definition) is 15. The summed E-state index contributed by atoms with van der Waals surface area (Å²) in [5, 5.41) is 72.3. The van der Waals surface area contributed by atoms with Crippen molar-refractivity contribution in [3.05, 3.63) is 284 Å². The summed E-state index contributed by atoms with van der Waals surface area (Å²) in [4.78, 5) is 160. The number of anilines is 3. The van der Waals surface area contributed by atoms with Crippen molar-refractivity contribution in [2.24, 2.45) is 0 Å². The monoisotopic (exact) mass is 1440 g/mol. The van der Waals surface area contributed by atoms with E-state index < -0.39 is 121 Å². The van der Waals surface area contributed by atoms with Gasteiger partial charge in [-0.2, -0.15) is 0 Å². The fraction of sp³-hybridized carbons (Fsp3) is 0.0476. The van der Waals surface area contributed by atoms with Gasteiger partial charge in [0.1, 0.15) is 19.0 Å². The van der Waals surface area contributed by atoms with Crippen molar-refractivity contribution >= 4 is 154 Å². The second-order valence-corrected chi connectivity index (χ2v) is 25.2. The second-order valence-electron chi connectivity index (χ2n) is 25.2. The Morgan fingerprint density at radius 3 is 1.09 bits per heavy atom. The molecule has 24 heteroatoms. The molecule has 0 atom stereocenters. The number of carbonyl (C=O) groups excluding carboxylic acids is 7. The summed E-state index contributed by atoms with van der Waals surface area (Å²) in [5.74, 6) is -15.4.